The third kappa shape index (κ3) is 5.57. The van der Waals surface area contributed by atoms with E-state index in [0.717, 1.165) is 0 Å². The summed E-state index contributed by atoms with van der Waals surface area (Å²) in [5.41, 5.74) is 0.527. The van der Waals surface area contributed by atoms with Gasteiger partial charge in [-0.25, -0.2) is 17.9 Å². The van der Waals surface area contributed by atoms with Crippen molar-refractivity contribution in [2.45, 2.75) is 24.8 Å². The molecule has 2 aromatic carbocycles. The summed E-state index contributed by atoms with van der Waals surface area (Å²) in [6.45, 7) is 3.85. The van der Waals surface area contributed by atoms with Crippen molar-refractivity contribution in [1.82, 2.24) is 4.72 Å². The van der Waals surface area contributed by atoms with Crippen LogP contribution >= 0.6 is 0 Å². The van der Waals surface area contributed by atoms with E-state index in [1.807, 2.05) is 13.8 Å². The normalized spacial score (nSPS) is 15.6. The molecule has 0 aromatic heterocycles. The number of nitrogens with one attached hydrogen (secondary N) is 1. The van der Waals surface area contributed by atoms with Crippen molar-refractivity contribution < 1.29 is 32.2 Å². The van der Waals surface area contributed by atoms with E-state index in [1.165, 1.54) is 36.3 Å². The van der Waals surface area contributed by atoms with Gasteiger partial charge in [-0.1, -0.05) is 26.0 Å². The fourth-order valence-corrected chi connectivity index (χ4v) is 4.24. The number of rotatable bonds is 8. The second-order valence-electron chi connectivity index (χ2n) is 7.61. The van der Waals surface area contributed by atoms with Gasteiger partial charge in [-0.2, -0.15) is 0 Å². The molecule has 1 aliphatic rings. The number of anilines is 1. The second kappa shape index (κ2) is 10.0. The summed E-state index contributed by atoms with van der Waals surface area (Å²) in [5.74, 6) is -0.0493. The van der Waals surface area contributed by atoms with E-state index in [-0.39, 0.29) is 29.9 Å². The van der Waals surface area contributed by atoms with E-state index in [0.29, 0.717) is 23.7 Å². The number of sulfonamides is 1. The molecule has 0 saturated heterocycles. The lowest BCUT2D eigenvalue weighted by atomic mass is 10.2. The standard InChI is InChI=1S/C22H26N2O7S/c1-15(2)12-23-32(27,28)17-10-8-16(9-11-17)30-14-21(25)24-13-20(22(26)29-3)31-19-7-5-4-6-18(19)24/h4-11,15,20,23H,12-14H2,1-3H3/t20-/m1/s1. The third-order valence-electron chi connectivity index (χ3n) is 4.72. The third-order valence-corrected chi connectivity index (χ3v) is 6.16. The average molecular weight is 463 g/mol. The molecule has 3 rings (SSSR count). The van der Waals surface area contributed by atoms with E-state index >= 15 is 0 Å². The summed E-state index contributed by atoms with van der Waals surface area (Å²) in [6.07, 6.45) is -0.943. The maximum Gasteiger partial charge on any atom is 0.348 e. The molecule has 0 fully saturated rings. The molecule has 10 heteroatoms. The number of ether oxygens (including phenoxy) is 3. The zero-order chi connectivity index (χ0) is 23.3. The Morgan fingerprint density at radius 1 is 1.16 bits per heavy atom. The first-order valence-corrected chi connectivity index (χ1v) is 11.6. The molecule has 172 valence electrons. The van der Waals surface area contributed by atoms with Crippen molar-refractivity contribution in [3.8, 4) is 11.5 Å². The van der Waals surface area contributed by atoms with E-state index in [9.17, 15) is 18.0 Å². The highest BCUT2D eigenvalue weighted by atomic mass is 32.2. The lowest BCUT2D eigenvalue weighted by Gasteiger charge is -2.33. The summed E-state index contributed by atoms with van der Waals surface area (Å²) in [4.78, 5) is 26.3. The second-order valence-corrected chi connectivity index (χ2v) is 9.37. The Labute approximate surface area is 187 Å². The van der Waals surface area contributed by atoms with Gasteiger partial charge in [0, 0.05) is 6.54 Å². The molecule has 0 bridgehead atoms. The molecule has 32 heavy (non-hydrogen) atoms. The number of benzene rings is 2. The molecule has 1 atom stereocenters. The Morgan fingerprint density at radius 3 is 2.50 bits per heavy atom. The van der Waals surface area contributed by atoms with Gasteiger partial charge in [0.25, 0.3) is 5.91 Å². The number of carbonyl (C=O) groups excluding carboxylic acids is 2. The summed E-state index contributed by atoms with van der Waals surface area (Å²) >= 11 is 0. The lowest BCUT2D eigenvalue weighted by molar-refractivity contribution is -0.148. The number of carbonyl (C=O) groups is 2. The van der Waals surface area contributed by atoms with Crippen LogP contribution in [0.4, 0.5) is 5.69 Å². The molecule has 2 aromatic rings. The van der Waals surface area contributed by atoms with Gasteiger partial charge < -0.3 is 19.1 Å². The van der Waals surface area contributed by atoms with Crippen LogP contribution < -0.4 is 19.1 Å². The monoisotopic (exact) mass is 462 g/mol. The van der Waals surface area contributed by atoms with Crippen molar-refractivity contribution in [1.29, 1.82) is 0 Å². The Balaban J connectivity index is 1.67. The van der Waals surface area contributed by atoms with Crippen LogP contribution in [0.2, 0.25) is 0 Å². The first kappa shape index (κ1) is 23.6. The summed E-state index contributed by atoms with van der Waals surface area (Å²) in [6, 6.07) is 12.7. The van der Waals surface area contributed by atoms with Gasteiger partial charge in [-0.05, 0) is 42.3 Å². The smallest absolute Gasteiger partial charge is 0.348 e. The minimum atomic E-state index is -3.61. The molecule has 0 saturated carbocycles. The highest BCUT2D eigenvalue weighted by Crippen LogP contribution is 2.33. The molecular formula is C22H26N2O7S. The molecule has 0 unspecified atom stereocenters. The highest BCUT2D eigenvalue weighted by Gasteiger charge is 2.34. The van der Waals surface area contributed by atoms with Gasteiger partial charge >= 0.3 is 5.97 Å². The Bertz CT molecular complexity index is 1070. The number of hydrogen-bond donors (Lipinski definition) is 1. The summed E-state index contributed by atoms with van der Waals surface area (Å²) < 4.78 is 43.0. The van der Waals surface area contributed by atoms with Gasteiger partial charge in [0.05, 0.1) is 24.2 Å². The fraction of sp³-hybridized carbons (Fsp3) is 0.364. The number of methoxy groups -OCH3 is 1. The van der Waals surface area contributed by atoms with Crippen LogP contribution in [-0.4, -0.2) is 53.2 Å². The van der Waals surface area contributed by atoms with E-state index < -0.39 is 22.1 Å². The zero-order valence-corrected chi connectivity index (χ0v) is 18.9. The van der Waals surface area contributed by atoms with Crippen LogP contribution in [-0.2, 0) is 24.3 Å². The minimum absolute atomic E-state index is 0.00934. The maximum absolute atomic E-state index is 12.9. The van der Waals surface area contributed by atoms with Crippen molar-refractivity contribution in [2.75, 3.05) is 31.7 Å². The first-order chi connectivity index (χ1) is 15.2. The molecule has 1 N–H and O–H groups in total. The van der Waals surface area contributed by atoms with Crippen LogP contribution in [0.5, 0.6) is 11.5 Å². The fourth-order valence-electron chi connectivity index (χ4n) is 3.02. The molecule has 1 amide bonds. The van der Waals surface area contributed by atoms with Crippen molar-refractivity contribution in [2.24, 2.45) is 5.92 Å². The van der Waals surface area contributed by atoms with Crippen molar-refractivity contribution >= 4 is 27.6 Å². The molecular weight excluding hydrogens is 436 g/mol. The minimum Gasteiger partial charge on any atom is -0.484 e. The van der Waals surface area contributed by atoms with Gasteiger partial charge in [0.15, 0.2) is 6.61 Å². The first-order valence-electron chi connectivity index (χ1n) is 10.1. The number of amides is 1. The topological polar surface area (TPSA) is 111 Å². The Morgan fingerprint density at radius 2 is 1.84 bits per heavy atom. The van der Waals surface area contributed by atoms with Gasteiger partial charge in [-0.15, -0.1) is 0 Å². The molecule has 9 nitrogen and oxygen atoms in total. The molecule has 0 radical (unpaired) electrons. The molecule has 0 aliphatic carbocycles. The zero-order valence-electron chi connectivity index (χ0n) is 18.1. The average Bonchev–Trinajstić information content (AvgIpc) is 2.80. The molecule has 0 spiro atoms. The van der Waals surface area contributed by atoms with Crippen LogP contribution in [0.25, 0.3) is 0 Å². The van der Waals surface area contributed by atoms with Crippen molar-refractivity contribution in [3.63, 3.8) is 0 Å². The van der Waals surface area contributed by atoms with Gasteiger partial charge in [0.2, 0.25) is 16.1 Å². The van der Waals surface area contributed by atoms with Crippen molar-refractivity contribution in [3.05, 3.63) is 48.5 Å². The number of fused-ring (bicyclic) bond motifs is 1. The number of hydrogen-bond acceptors (Lipinski definition) is 7. The number of esters is 1. The summed E-state index contributed by atoms with van der Waals surface area (Å²) in [5, 5.41) is 0. The Kier molecular flexibility index (Phi) is 7.37. The Hall–Kier alpha value is -3.11. The molecule has 1 aliphatic heterocycles. The largest absolute Gasteiger partial charge is 0.484 e. The van der Waals surface area contributed by atoms with Crippen LogP contribution in [0.3, 0.4) is 0 Å². The predicted octanol–water partition coefficient (Wildman–Crippen LogP) is 1.97. The van der Waals surface area contributed by atoms with Crippen LogP contribution in [0.1, 0.15) is 13.8 Å². The SMILES string of the molecule is COC(=O)[C@H]1CN(C(=O)COc2ccc(S(=O)(=O)NCC(C)C)cc2)c2ccccc2O1. The number of para-hydroxylation sites is 2. The van der Waals surface area contributed by atoms with Crippen LogP contribution in [0.15, 0.2) is 53.4 Å². The lowest BCUT2D eigenvalue weighted by Crippen LogP contribution is -2.48. The van der Waals surface area contributed by atoms with E-state index in [4.69, 9.17) is 14.2 Å². The predicted molar refractivity (Wildman–Crippen MR) is 117 cm³/mol. The van der Waals surface area contributed by atoms with Gasteiger partial charge in [0.1, 0.15) is 11.5 Å². The van der Waals surface area contributed by atoms with E-state index in [1.54, 1.807) is 24.3 Å². The highest BCUT2D eigenvalue weighted by molar-refractivity contribution is 7.89. The summed E-state index contributed by atoms with van der Waals surface area (Å²) in [7, 11) is -2.36. The quantitative estimate of drug-likeness (QED) is 0.597. The number of nitrogens with zero attached hydrogens (tertiary/aromatic N) is 1. The molecule has 1 heterocycles. The van der Waals surface area contributed by atoms with Gasteiger partial charge in [-0.3, -0.25) is 4.79 Å². The maximum atomic E-state index is 12.9. The van der Waals surface area contributed by atoms with E-state index in [2.05, 4.69) is 4.72 Å². The van der Waals surface area contributed by atoms with Crippen LogP contribution in [0, 0.1) is 5.92 Å².